The molecule has 0 aromatic rings. The zero-order valence-corrected chi connectivity index (χ0v) is 15.8. The van der Waals surface area contributed by atoms with Gasteiger partial charge < -0.3 is 5.11 Å². The lowest BCUT2D eigenvalue weighted by molar-refractivity contribution is -0.161. The Morgan fingerprint density at radius 3 is 1.32 bits per heavy atom. The second-order valence-corrected chi connectivity index (χ2v) is 7.36. The van der Waals surface area contributed by atoms with Crippen molar-refractivity contribution in [2.24, 2.45) is 10.8 Å². The molecule has 0 aromatic carbocycles. The fourth-order valence-electron chi connectivity index (χ4n) is 3.90. The van der Waals surface area contributed by atoms with Crippen molar-refractivity contribution in [1.29, 1.82) is 0 Å². The number of rotatable bonds is 14. The highest BCUT2D eigenvalue weighted by Crippen LogP contribution is 2.53. The molecule has 0 fully saturated rings. The van der Waals surface area contributed by atoms with Crippen LogP contribution in [0.3, 0.4) is 0 Å². The van der Waals surface area contributed by atoms with Crippen molar-refractivity contribution < 1.29 is 9.90 Å². The monoisotopic (exact) mass is 312 g/mol. The van der Waals surface area contributed by atoms with E-state index in [1.54, 1.807) is 0 Å². The summed E-state index contributed by atoms with van der Waals surface area (Å²) < 4.78 is 0. The highest BCUT2D eigenvalue weighted by atomic mass is 16.4. The van der Waals surface area contributed by atoms with Gasteiger partial charge in [0.15, 0.2) is 0 Å². The van der Waals surface area contributed by atoms with E-state index in [1.807, 2.05) is 0 Å². The van der Waals surface area contributed by atoms with Gasteiger partial charge in [-0.05, 0) is 31.1 Å². The maximum absolute atomic E-state index is 12.4. The van der Waals surface area contributed by atoms with E-state index in [0.717, 1.165) is 77.0 Å². The lowest BCUT2D eigenvalue weighted by atomic mass is 9.56. The molecule has 0 atom stereocenters. The Kier molecular flexibility index (Phi) is 10.8. The van der Waals surface area contributed by atoms with Gasteiger partial charge in [0.25, 0.3) is 0 Å². The van der Waals surface area contributed by atoms with E-state index >= 15 is 0 Å². The second kappa shape index (κ2) is 11.1. The highest BCUT2D eigenvalue weighted by molar-refractivity contribution is 5.75. The molecule has 0 amide bonds. The predicted molar refractivity (Wildman–Crippen MR) is 96.3 cm³/mol. The summed E-state index contributed by atoms with van der Waals surface area (Å²) in [6.07, 6.45) is 12.6. The van der Waals surface area contributed by atoms with Crippen molar-refractivity contribution in [2.45, 2.75) is 112 Å². The van der Waals surface area contributed by atoms with Gasteiger partial charge >= 0.3 is 5.97 Å². The molecule has 0 unspecified atom stereocenters. The molecular formula is C20H40O2. The lowest BCUT2D eigenvalue weighted by Crippen LogP contribution is -2.46. The molecule has 0 spiro atoms. The average molecular weight is 313 g/mol. The summed E-state index contributed by atoms with van der Waals surface area (Å²) in [6.45, 7) is 11.0. The molecule has 0 aliphatic rings. The topological polar surface area (TPSA) is 37.3 Å². The molecule has 0 rings (SSSR count). The smallest absolute Gasteiger partial charge is 0.310 e. The third kappa shape index (κ3) is 5.59. The van der Waals surface area contributed by atoms with Crippen LogP contribution in [0, 0.1) is 10.8 Å². The Morgan fingerprint density at radius 2 is 1.05 bits per heavy atom. The number of aliphatic carboxylic acids is 1. The Hall–Kier alpha value is -0.530. The third-order valence-electron chi connectivity index (χ3n) is 5.64. The van der Waals surface area contributed by atoms with E-state index in [4.69, 9.17) is 0 Å². The van der Waals surface area contributed by atoms with Crippen molar-refractivity contribution in [3.63, 3.8) is 0 Å². The SMILES string of the molecule is CCCCC(C)(CCCC)C(CCCC)(CCCC)C(=O)O. The van der Waals surface area contributed by atoms with Gasteiger partial charge in [-0.2, -0.15) is 0 Å². The minimum atomic E-state index is -0.538. The van der Waals surface area contributed by atoms with Crippen molar-refractivity contribution in [3.05, 3.63) is 0 Å². The van der Waals surface area contributed by atoms with E-state index in [-0.39, 0.29) is 5.41 Å². The first-order valence-corrected chi connectivity index (χ1v) is 9.67. The van der Waals surface area contributed by atoms with Gasteiger partial charge in [0, 0.05) is 0 Å². The first-order valence-electron chi connectivity index (χ1n) is 9.67. The maximum atomic E-state index is 12.4. The van der Waals surface area contributed by atoms with Gasteiger partial charge in [-0.25, -0.2) is 0 Å². The lowest BCUT2D eigenvalue weighted by Gasteiger charge is -2.47. The summed E-state index contributed by atoms with van der Waals surface area (Å²) in [7, 11) is 0. The van der Waals surface area contributed by atoms with Gasteiger partial charge in [-0.3, -0.25) is 4.79 Å². The number of carboxylic acid groups (broad SMARTS) is 1. The molecule has 0 aliphatic heterocycles. The number of hydrogen-bond donors (Lipinski definition) is 1. The number of unbranched alkanes of at least 4 members (excludes halogenated alkanes) is 4. The number of carbonyl (C=O) groups is 1. The summed E-state index contributed by atoms with van der Waals surface area (Å²) in [5, 5.41) is 10.2. The predicted octanol–water partition coefficient (Wildman–Crippen LogP) is 6.82. The Bertz CT molecular complexity index is 280. The van der Waals surface area contributed by atoms with Gasteiger partial charge in [0.1, 0.15) is 0 Å². The molecule has 0 aliphatic carbocycles. The first kappa shape index (κ1) is 21.5. The minimum absolute atomic E-state index is 0.0603. The van der Waals surface area contributed by atoms with E-state index in [9.17, 15) is 9.90 Å². The summed E-state index contributed by atoms with van der Waals surface area (Å²) in [5.74, 6) is -0.538. The van der Waals surface area contributed by atoms with E-state index in [2.05, 4.69) is 34.6 Å². The van der Waals surface area contributed by atoms with Crippen LogP contribution in [0.1, 0.15) is 112 Å². The Balaban J connectivity index is 5.58. The van der Waals surface area contributed by atoms with Crippen LogP contribution in [0.5, 0.6) is 0 Å². The summed E-state index contributed by atoms with van der Waals surface area (Å²) in [5.41, 5.74) is -0.585. The van der Waals surface area contributed by atoms with Crippen LogP contribution in [-0.4, -0.2) is 11.1 Å². The second-order valence-electron chi connectivity index (χ2n) is 7.36. The van der Waals surface area contributed by atoms with Gasteiger partial charge in [0.05, 0.1) is 5.41 Å². The Labute approximate surface area is 139 Å². The molecule has 0 aromatic heterocycles. The number of hydrogen-bond acceptors (Lipinski definition) is 1. The van der Waals surface area contributed by atoms with Crippen LogP contribution in [0.25, 0.3) is 0 Å². The molecule has 1 N–H and O–H groups in total. The van der Waals surface area contributed by atoms with E-state index in [0.29, 0.717) is 0 Å². The summed E-state index contributed by atoms with van der Waals surface area (Å²) >= 11 is 0. The standard InChI is InChI=1S/C20H40O2/c1-6-10-14-19(5,15-11-7-2)20(18(21)22,16-12-8-3)17-13-9-4/h6-17H2,1-5H3,(H,21,22). The van der Waals surface area contributed by atoms with Crippen molar-refractivity contribution in [3.8, 4) is 0 Å². The van der Waals surface area contributed by atoms with Crippen LogP contribution >= 0.6 is 0 Å². The normalized spacial score (nSPS) is 12.6. The molecule has 22 heavy (non-hydrogen) atoms. The fourth-order valence-corrected chi connectivity index (χ4v) is 3.90. The molecule has 0 saturated carbocycles. The fraction of sp³-hybridized carbons (Fsp3) is 0.950. The summed E-state index contributed by atoms with van der Waals surface area (Å²) in [4.78, 5) is 12.4. The quantitative estimate of drug-likeness (QED) is 0.382. The van der Waals surface area contributed by atoms with Gasteiger partial charge in [0.2, 0.25) is 0 Å². The van der Waals surface area contributed by atoms with Crippen molar-refractivity contribution in [2.75, 3.05) is 0 Å². The van der Waals surface area contributed by atoms with Crippen LogP contribution in [0.2, 0.25) is 0 Å². The first-order chi connectivity index (χ1) is 10.4. The molecular weight excluding hydrogens is 272 g/mol. The average Bonchev–Trinajstić information content (AvgIpc) is 2.51. The molecule has 0 saturated heterocycles. The van der Waals surface area contributed by atoms with Crippen LogP contribution < -0.4 is 0 Å². The highest BCUT2D eigenvalue weighted by Gasteiger charge is 2.51. The van der Waals surface area contributed by atoms with E-state index < -0.39 is 11.4 Å². The van der Waals surface area contributed by atoms with Crippen LogP contribution in [0.15, 0.2) is 0 Å². The van der Waals surface area contributed by atoms with Gasteiger partial charge in [-0.15, -0.1) is 0 Å². The van der Waals surface area contributed by atoms with Crippen LogP contribution in [0.4, 0.5) is 0 Å². The van der Waals surface area contributed by atoms with Crippen molar-refractivity contribution in [1.82, 2.24) is 0 Å². The molecule has 0 radical (unpaired) electrons. The molecule has 132 valence electrons. The van der Waals surface area contributed by atoms with Crippen molar-refractivity contribution >= 4 is 5.97 Å². The molecule has 2 heteroatoms. The Morgan fingerprint density at radius 1 is 0.727 bits per heavy atom. The number of carboxylic acids is 1. The van der Waals surface area contributed by atoms with E-state index in [1.165, 1.54) is 0 Å². The maximum Gasteiger partial charge on any atom is 0.310 e. The largest absolute Gasteiger partial charge is 0.481 e. The zero-order valence-electron chi connectivity index (χ0n) is 15.8. The summed E-state index contributed by atoms with van der Waals surface area (Å²) in [6, 6.07) is 0. The minimum Gasteiger partial charge on any atom is -0.481 e. The third-order valence-corrected chi connectivity index (χ3v) is 5.64. The molecule has 2 nitrogen and oxygen atoms in total. The zero-order chi connectivity index (χ0) is 17.1. The molecule has 0 heterocycles. The van der Waals surface area contributed by atoms with Crippen LogP contribution in [-0.2, 0) is 4.79 Å². The molecule has 0 bridgehead atoms. The van der Waals surface area contributed by atoms with Gasteiger partial charge in [-0.1, -0.05) is 86.0 Å².